The summed E-state index contributed by atoms with van der Waals surface area (Å²) in [7, 11) is 0. The Kier molecular flexibility index (Phi) is 3.90. The van der Waals surface area contributed by atoms with Crippen molar-refractivity contribution >= 4 is 17.9 Å². The molecule has 0 saturated carbocycles. The zero-order chi connectivity index (χ0) is 11.3. The molecule has 0 radical (unpaired) electrons. The highest BCUT2D eigenvalue weighted by Crippen LogP contribution is 1.98. The van der Waals surface area contributed by atoms with Crippen LogP contribution >= 0.6 is 0 Å². The number of carboxylic acids is 1. The van der Waals surface area contributed by atoms with Gasteiger partial charge in [-0.15, -0.1) is 0 Å². The van der Waals surface area contributed by atoms with Crippen LogP contribution in [0.4, 0.5) is 4.79 Å². The van der Waals surface area contributed by atoms with E-state index in [1.54, 1.807) is 0 Å². The quantitative estimate of drug-likeness (QED) is 0.465. The third-order valence-corrected chi connectivity index (χ3v) is 1.94. The molecule has 0 aliphatic carbocycles. The van der Waals surface area contributed by atoms with E-state index in [0.29, 0.717) is 6.54 Å². The normalized spacial score (nSPS) is 19.5. The number of aliphatic carboxylic acids is 1. The second kappa shape index (κ2) is 5.18. The minimum atomic E-state index is -0.965. The van der Waals surface area contributed by atoms with Gasteiger partial charge in [0.2, 0.25) is 5.91 Å². The van der Waals surface area contributed by atoms with E-state index >= 15 is 0 Å². The number of hydrogen-bond donors (Lipinski definition) is 4. The Morgan fingerprint density at radius 2 is 2.27 bits per heavy atom. The molecule has 0 bridgehead atoms. The summed E-state index contributed by atoms with van der Waals surface area (Å²) in [4.78, 5) is 32.1. The van der Waals surface area contributed by atoms with Crippen LogP contribution in [0.15, 0.2) is 0 Å². The predicted molar refractivity (Wildman–Crippen MR) is 50.2 cm³/mol. The smallest absolute Gasteiger partial charge is 0.315 e. The molecule has 0 aromatic rings. The highest BCUT2D eigenvalue weighted by atomic mass is 16.4. The van der Waals surface area contributed by atoms with Crippen LogP contribution in [-0.2, 0) is 9.59 Å². The number of urea groups is 1. The molecule has 4 N–H and O–H groups in total. The number of carboxylic acid groups (broad SMARTS) is 1. The van der Waals surface area contributed by atoms with Gasteiger partial charge >= 0.3 is 12.0 Å². The molecule has 3 amide bonds. The molecule has 0 aromatic heterocycles. The number of rotatable bonds is 4. The Morgan fingerprint density at radius 1 is 1.53 bits per heavy atom. The summed E-state index contributed by atoms with van der Waals surface area (Å²) in [6.45, 7) is 0.500. The van der Waals surface area contributed by atoms with Gasteiger partial charge in [0, 0.05) is 19.5 Å². The minimum Gasteiger partial charge on any atom is -0.481 e. The fourth-order valence-electron chi connectivity index (χ4n) is 1.23. The highest BCUT2D eigenvalue weighted by Gasteiger charge is 2.22. The Morgan fingerprint density at radius 3 is 2.80 bits per heavy atom. The molecule has 1 saturated heterocycles. The maximum atomic E-state index is 11.1. The lowest BCUT2D eigenvalue weighted by atomic mass is 10.2. The van der Waals surface area contributed by atoms with Gasteiger partial charge in [-0.2, -0.15) is 0 Å². The lowest BCUT2D eigenvalue weighted by molar-refractivity contribution is -0.136. The van der Waals surface area contributed by atoms with Gasteiger partial charge in [-0.25, -0.2) is 4.79 Å². The summed E-state index contributed by atoms with van der Waals surface area (Å²) in [6, 6.07) is -0.653. The van der Waals surface area contributed by atoms with Crippen molar-refractivity contribution in [3.63, 3.8) is 0 Å². The van der Waals surface area contributed by atoms with E-state index in [1.165, 1.54) is 0 Å². The largest absolute Gasteiger partial charge is 0.481 e. The van der Waals surface area contributed by atoms with Crippen molar-refractivity contribution in [2.24, 2.45) is 0 Å². The minimum absolute atomic E-state index is 0.0786. The molecule has 1 aliphatic heterocycles. The molecule has 7 nitrogen and oxygen atoms in total. The van der Waals surface area contributed by atoms with Gasteiger partial charge in [-0.1, -0.05) is 0 Å². The van der Waals surface area contributed by atoms with Crippen molar-refractivity contribution in [3.05, 3.63) is 0 Å². The van der Waals surface area contributed by atoms with Gasteiger partial charge in [0.15, 0.2) is 0 Å². The predicted octanol–water partition coefficient (Wildman–Crippen LogP) is -1.35. The third-order valence-electron chi connectivity index (χ3n) is 1.94. The van der Waals surface area contributed by atoms with Crippen LogP contribution in [0.25, 0.3) is 0 Å². The Bertz CT molecular complexity index is 279. The SMILES string of the molecule is O=C(O)CCNC(=O)NC1CNC(=O)C1. The average molecular weight is 215 g/mol. The Hall–Kier alpha value is -1.79. The maximum Gasteiger partial charge on any atom is 0.315 e. The number of hydrogen-bond acceptors (Lipinski definition) is 3. The van der Waals surface area contributed by atoms with Crippen LogP contribution in [0.1, 0.15) is 12.8 Å². The van der Waals surface area contributed by atoms with Gasteiger partial charge in [0.25, 0.3) is 0 Å². The standard InChI is InChI=1S/C8H13N3O4/c12-6-3-5(4-10-6)11-8(15)9-2-1-7(13)14/h5H,1-4H2,(H,10,12)(H,13,14)(H2,9,11,15). The highest BCUT2D eigenvalue weighted by molar-refractivity contribution is 5.81. The van der Waals surface area contributed by atoms with E-state index in [0.717, 1.165) is 0 Å². The van der Waals surface area contributed by atoms with E-state index in [-0.39, 0.29) is 31.3 Å². The molecule has 1 unspecified atom stereocenters. The Balaban J connectivity index is 2.13. The molecule has 1 heterocycles. The molecule has 1 fully saturated rings. The average Bonchev–Trinajstić information content (AvgIpc) is 2.50. The topological polar surface area (TPSA) is 108 Å². The number of carbonyl (C=O) groups excluding carboxylic acids is 2. The van der Waals surface area contributed by atoms with Crippen molar-refractivity contribution in [2.45, 2.75) is 18.9 Å². The monoisotopic (exact) mass is 215 g/mol. The first kappa shape index (κ1) is 11.3. The molecule has 1 atom stereocenters. The molecule has 7 heteroatoms. The first-order chi connectivity index (χ1) is 7.08. The number of nitrogens with one attached hydrogen (secondary N) is 3. The first-order valence-electron chi connectivity index (χ1n) is 4.61. The van der Waals surface area contributed by atoms with E-state index in [2.05, 4.69) is 16.0 Å². The van der Waals surface area contributed by atoms with E-state index in [1.807, 2.05) is 0 Å². The van der Waals surface area contributed by atoms with Crippen LogP contribution in [-0.4, -0.2) is 42.1 Å². The summed E-state index contributed by atoms with van der Waals surface area (Å²) < 4.78 is 0. The van der Waals surface area contributed by atoms with Gasteiger partial charge < -0.3 is 21.1 Å². The molecule has 15 heavy (non-hydrogen) atoms. The fraction of sp³-hybridized carbons (Fsp3) is 0.625. The van der Waals surface area contributed by atoms with Crippen LogP contribution in [0, 0.1) is 0 Å². The fourth-order valence-corrected chi connectivity index (χ4v) is 1.23. The second-order valence-corrected chi connectivity index (χ2v) is 3.25. The van der Waals surface area contributed by atoms with Crippen molar-refractivity contribution in [1.82, 2.24) is 16.0 Å². The maximum absolute atomic E-state index is 11.1. The number of carbonyl (C=O) groups is 3. The van der Waals surface area contributed by atoms with Gasteiger partial charge in [0.05, 0.1) is 12.5 Å². The molecule has 1 aliphatic rings. The molecule has 0 spiro atoms. The van der Waals surface area contributed by atoms with Gasteiger partial charge in [0.1, 0.15) is 0 Å². The summed E-state index contributed by atoms with van der Waals surface area (Å²) in [5.74, 6) is -1.06. The van der Waals surface area contributed by atoms with Crippen LogP contribution in [0.5, 0.6) is 0 Å². The zero-order valence-corrected chi connectivity index (χ0v) is 8.08. The zero-order valence-electron chi connectivity index (χ0n) is 8.08. The Labute approximate surface area is 86.2 Å². The summed E-state index contributed by atoms with van der Waals surface area (Å²) in [5.41, 5.74) is 0. The molecular formula is C8H13N3O4. The van der Waals surface area contributed by atoms with E-state index in [9.17, 15) is 14.4 Å². The van der Waals surface area contributed by atoms with Crippen molar-refractivity contribution < 1.29 is 19.5 Å². The van der Waals surface area contributed by atoms with Crippen LogP contribution in [0.3, 0.4) is 0 Å². The van der Waals surface area contributed by atoms with Gasteiger partial charge in [-0.05, 0) is 0 Å². The summed E-state index contributed by atoms with van der Waals surface area (Å²) in [6.07, 6.45) is 0.154. The van der Waals surface area contributed by atoms with E-state index in [4.69, 9.17) is 5.11 Å². The summed E-state index contributed by atoms with van der Waals surface area (Å²) >= 11 is 0. The second-order valence-electron chi connectivity index (χ2n) is 3.25. The van der Waals surface area contributed by atoms with Crippen molar-refractivity contribution in [1.29, 1.82) is 0 Å². The molecule has 1 rings (SSSR count). The summed E-state index contributed by atoms with van der Waals surface area (Å²) in [5, 5.41) is 15.8. The van der Waals surface area contributed by atoms with Crippen molar-refractivity contribution in [3.8, 4) is 0 Å². The van der Waals surface area contributed by atoms with Gasteiger partial charge in [-0.3, -0.25) is 9.59 Å². The lowest BCUT2D eigenvalue weighted by Crippen LogP contribution is -2.43. The molecular weight excluding hydrogens is 202 g/mol. The first-order valence-corrected chi connectivity index (χ1v) is 4.61. The van der Waals surface area contributed by atoms with Crippen LogP contribution < -0.4 is 16.0 Å². The van der Waals surface area contributed by atoms with E-state index < -0.39 is 12.0 Å². The molecule has 0 aromatic carbocycles. The molecule has 84 valence electrons. The lowest BCUT2D eigenvalue weighted by Gasteiger charge is -2.10. The van der Waals surface area contributed by atoms with Crippen LogP contribution in [0.2, 0.25) is 0 Å². The third kappa shape index (κ3) is 4.30. The van der Waals surface area contributed by atoms with Crippen molar-refractivity contribution in [2.75, 3.05) is 13.1 Å². The number of amides is 3.